The van der Waals surface area contributed by atoms with Gasteiger partial charge < -0.3 is 9.47 Å². The Bertz CT molecular complexity index is 286. The smallest absolute Gasteiger partial charge is 0.211 e. The van der Waals surface area contributed by atoms with Gasteiger partial charge >= 0.3 is 0 Å². The van der Waals surface area contributed by atoms with E-state index in [2.05, 4.69) is 4.72 Å². The normalized spacial score (nSPS) is 20.9. The van der Waals surface area contributed by atoms with Gasteiger partial charge in [-0.3, -0.25) is 0 Å². The van der Waals surface area contributed by atoms with E-state index in [0.717, 1.165) is 19.4 Å². The molecule has 1 unspecified atom stereocenters. The summed E-state index contributed by atoms with van der Waals surface area (Å²) in [5.74, 6) is 0.198. The maximum absolute atomic E-state index is 11.3. The molecule has 102 valence electrons. The SMILES string of the molecule is CCCS(=O)(=O)NCCCOCC1CCCO1. The molecule has 0 bridgehead atoms. The molecule has 1 aliphatic heterocycles. The fourth-order valence-electron chi connectivity index (χ4n) is 1.73. The molecule has 0 spiro atoms. The average Bonchev–Trinajstić information content (AvgIpc) is 2.76. The van der Waals surface area contributed by atoms with Gasteiger partial charge in [-0.05, 0) is 25.7 Å². The number of ether oxygens (including phenoxy) is 2. The molecule has 0 amide bonds. The lowest BCUT2D eigenvalue weighted by Gasteiger charge is -2.10. The van der Waals surface area contributed by atoms with E-state index in [1.165, 1.54) is 0 Å². The van der Waals surface area contributed by atoms with Crippen LogP contribution in [0, 0.1) is 0 Å². The maximum Gasteiger partial charge on any atom is 0.211 e. The van der Waals surface area contributed by atoms with Gasteiger partial charge in [0, 0.05) is 19.8 Å². The number of rotatable bonds is 9. The Morgan fingerprint density at radius 2 is 2.29 bits per heavy atom. The zero-order valence-electron chi connectivity index (χ0n) is 10.5. The van der Waals surface area contributed by atoms with Gasteiger partial charge in [0.05, 0.1) is 18.5 Å². The molecule has 0 saturated carbocycles. The predicted octanol–water partition coefficient (Wildman–Crippen LogP) is 0.901. The lowest BCUT2D eigenvalue weighted by atomic mass is 10.2. The highest BCUT2D eigenvalue weighted by molar-refractivity contribution is 7.89. The zero-order chi connectivity index (χ0) is 12.6. The summed E-state index contributed by atoms with van der Waals surface area (Å²) in [6.07, 6.45) is 3.78. The second-order valence-electron chi connectivity index (χ2n) is 4.28. The van der Waals surface area contributed by atoms with Gasteiger partial charge in [-0.15, -0.1) is 0 Å². The molecule has 17 heavy (non-hydrogen) atoms. The molecular weight excluding hydrogens is 242 g/mol. The summed E-state index contributed by atoms with van der Waals surface area (Å²) in [5, 5.41) is 0. The van der Waals surface area contributed by atoms with E-state index < -0.39 is 10.0 Å². The first kappa shape index (κ1) is 14.9. The van der Waals surface area contributed by atoms with Gasteiger partial charge in [-0.2, -0.15) is 0 Å². The van der Waals surface area contributed by atoms with E-state index in [9.17, 15) is 8.42 Å². The third-order valence-corrected chi connectivity index (χ3v) is 4.18. The molecule has 1 N–H and O–H groups in total. The van der Waals surface area contributed by atoms with Crippen LogP contribution in [0.4, 0.5) is 0 Å². The van der Waals surface area contributed by atoms with Gasteiger partial charge in [0.2, 0.25) is 10.0 Å². The highest BCUT2D eigenvalue weighted by atomic mass is 32.2. The van der Waals surface area contributed by atoms with Crippen LogP contribution in [0.3, 0.4) is 0 Å². The molecule has 1 aliphatic rings. The standard InChI is InChI=1S/C11H23NO4S/c1-2-9-17(13,14)12-6-4-7-15-10-11-5-3-8-16-11/h11-12H,2-10H2,1H3. The first-order chi connectivity index (χ1) is 8.14. The fraction of sp³-hybridized carbons (Fsp3) is 1.00. The lowest BCUT2D eigenvalue weighted by Crippen LogP contribution is -2.28. The predicted molar refractivity (Wildman–Crippen MR) is 66.5 cm³/mol. The van der Waals surface area contributed by atoms with Crippen molar-refractivity contribution in [3.05, 3.63) is 0 Å². The third kappa shape index (κ3) is 6.98. The maximum atomic E-state index is 11.3. The van der Waals surface area contributed by atoms with Crippen LogP contribution in [0.15, 0.2) is 0 Å². The molecule has 1 rings (SSSR count). The van der Waals surface area contributed by atoms with Gasteiger partial charge in [0.1, 0.15) is 0 Å². The second kappa shape index (κ2) is 8.02. The highest BCUT2D eigenvalue weighted by Crippen LogP contribution is 2.11. The Hall–Kier alpha value is -0.170. The molecule has 1 fully saturated rings. The van der Waals surface area contributed by atoms with Crippen LogP contribution in [0.2, 0.25) is 0 Å². The van der Waals surface area contributed by atoms with Crippen LogP contribution >= 0.6 is 0 Å². The van der Waals surface area contributed by atoms with Crippen LogP contribution in [0.1, 0.15) is 32.6 Å². The molecular formula is C11H23NO4S. The van der Waals surface area contributed by atoms with Crippen LogP contribution < -0.4 is 4.72 Å². The molecule has 0 aromatic carbocycles. The topological polar surface area (TPSA) is 64.6 Å². The van der Waals surface area contributed by atoms with Crippen molar-refractivity contribution < 1.29 is 17.9 Å². The van der Waals surface area contributed by atoms with Crippen LogP contribution in [-0.4, -0.2) is 46.6 Å². The van der Waals surface area contributed by atoms with Crippen molar-refractivity contribution in [3.63, 3.8) is 0 Å². The summed E-state index contributed by atoms with van der Waals surface area (Å²) < 4.78 is 36.0. The van der Waals surface area contributed by atoms with Gasteiger partial charge in [-0.25, -0.2) is 13.1 Å². The van der Waals surface area contributed by atoms with Crippen molar-refractivity contribution in [2.24, 2.45) is 0 Å². The van der Waals surface area contributed by atoms with E-state index in [-0.39, 0.29) is 11.9 Å². The minimum atomic E-state index is -3.06. The molecule has 6 heteroatoms. The van der Waals surface area contributed by atoms with Crippen molar-refractivity contribution >= 4 is 10.0 Å². The molecule has 5 nitrogen and oxygen atoms in total. The van der Waals surface area contributed by atoms with Crippen molar-refractivity contribution in [1.29, 1.82) is 0 Å². The second-order valence-corrected chi connectivity index (χ2v) is 6.20. The first-order valence-corrected chi connectivity index (χ1v) is 7.96. The fourth-order valence-corrected chi connectivity index (χ4v) is 2.87. The molecule has 1 heterocycles. The average molecular weight is 265 g/mol. The van der Waals surface area contributed by atoms with E-state index in [4.69, 9.17) is 9.47 Å². The third-order valence-electron chi connectivity index (χ3n) is 2.59. The van der Waals surface area contributed by atoms with Crippen molar-refractivity contribution in [2.75, 3.05) is 32.1 Å². The lowest BCUT2D eigenvalue weighted by molar-refractivity contribution is 0.0169. The molecule has 1 atom stereocenters. The first-order valence-electron chi connectivity index (χ1n) is 6.31. The quantitative estimate of drug-likeness (QED) is 0.629. The summed E-state index contributed by atoms with van der Waals surface area (Å²) in [5.41, 5.74) is 0. The summed E-state index contributed by atoms with van der Waals surface area (Å²) >= 11 is 0. The number of hydrogen-bond donors (Lipinski definition) is 1. The van der Waals surface area contributed by atoms with E-state index in [1.54, 1.807) is 0 Å². The van der Waals surface area contributed by atoms with Gasteiger partial charge in [0.25, 0.3) is 0 Å². The number of sulfonamides is 1. The van der Waals surface area contributed by atoms with Gasteiger partial charge in [0.15, 0.2) is 0 Å². The summed E-state index contributed by atoms with van der Waals surface area (Å²) in [6, 6.07) is 0. The largest absolute Gasteiger partial charge is 0.379 e. The van der Waals surface area contributed by atoms with Crippen LogP contribution in [-0.2, 0) is 19.5 Å². The molecule has 0 aromatic rings. The number of hydrogen-bond acceptors (Lipinski definition) is 4. The molecule has 0 radical (unpaired) electrons. The van der Waals surface area contributed by atoms with Crippen LogP contribution in [0.5, 0.6) is 0 Å². The minimum absolute atomic E-state index is 0.198. The summed E-state index contributed by atoms with van der Waals surface area (Å²) in [7, 11) is -3.06. The van der Waals surface area contributed by atoms with Crippen molar-refractivity contribution in [1.82, 2.24) is 4.72 Å². The zero-order valence-corrected chi connectivity index (χ0v) is 11.3. The Kier molecular flexibility index (Phi) is 7.03. The highest BCUT2D eigenvalue weighted by Gasteiger charge is 2.15. The Morgan fingerprint density at radius 1 is 1.47 bits per heavy atom. The van der Waals surface area contributed by atoms with Crippen LogP contribution in [0.25, 0.3) is 0 Å². The molecule has 0 aromatic heterocycles. The minimum Gasteiger partial charge on any atom is -0.379 e. The van der Waals surface area contributed by atoms with Gasteiger partial charge in [-0.1, -0.05) is 6.92 Å². The summed E-state index contributed by atoms with van der Waals surface area (Å²) in [4.78, 5) is 0. The number of nitrogens with one attached hydrogen (secondary N) is 1. The van der Waals surface area contributed by atoms with E-state index >= 15 is 0 Å². The molecule has 1 saturated heterocycles. The monoisotopic (exact) mass is 265 g/mol. The van der Waals surface area contributed by atoms with E-state index in [1.807, 2.05) is 6.92 Å². The van der Waals surface area contributed by atoms with Crippen molar-refractivity contribution in [3.8, 4) is 0 Å². The Morgan fingerprint density at radius 3 is 2.94 bits per heavy atom. The summed E-state index contributed by atoms with van der Waals surface area (Å²) in [6.45, 7) is 4.35. The molecule has 0 aliphatic carbocycles. The Balaban J connectivity index is 1.93. The van der Waals surface area contributed by atoms with Crippen molar-refractivity contribution in [2.45, 2.75) is 38.7 Å². The van der Waals surface area contributed by atoms with E-state index in [0.29, 0.717) is 32.6 Å². The Labute approximate surface area is 104 Å².